The summed E-state index contributed by atoms with van der Waals surface area (Å²) in [7, 11) is 0. The number of rotatable bonds is 3. The fraction of sp³-hybridized carbons (Fsp3) is 0.364. The Morgan fingerprint density at radius 2 is 2.29 bits per heavy atom. The minimum atomic E-state index is -0.173. The van der Waals surface area contributed by atoms with Gasteiger partial charge in [0.05, 0.1) is 16.8 Å². The summed E-state index contributed by atoms with van der Waals surface area (Å²) in [6.45, 7) is 3.94. The summed E-state index contributed by atoms with van der Waals surface area (Å²) >= 11 is 6.02. The molecule has 0 spiro atoms. The van der Waals surface area contributed by atoms with Crippen molar-refractivity contribution < 1.29 is 0 Å². The summed E-state index contributed by atoms with van der Waals surface area (Å²) in [6, 6.07) is 7.70. The summed E-state index contributed by atoms with van der Waals surface area (Å²) in [4.78, 5) is 0. The van der Waals surface area contributed by atoms with Crippen molar-refractivity contribution in [3.63, 3.8) is 0 Å². The van der Waals surface area contributed by atoms with E-state index in [1.54, 1.807) is 0 Å². The molecule has 14 heavy (non-hydrogen) atoms. The number of aryl methyl sites for hydroxylation is 1. The monoisotopic (exact) mass is 208 g/mol. The van der Waals surface area contributed by atoms with Crippen molar-refractivity contribution in [2.45, 2.75) is 26.3 Å². The molecule has 0 heterocycles. The first kappa shape index (κ1) is 10.9. The van der Waals surface area contributed by atoms with Crippen LogP contribution in [-0.4, -0.2) is 6.04 Å². The Morgan fingerprint density at radius 3 is 2.79 bits per heavy atom. The van der Waals surface area contributed by atoms with Gasteiger partial charge in [-0.15, -0.1) is 0 Å². The maximum atomic E-state index is 8.81. The summed E-state index contributed by atoms with van der Waals surface area (Å²) < 4.78 is 0. The molecule has 0 aliphatic heterocycles. The van der Waals surface area contributed by atoms with Crippen LogP contribution in [0.3, 0.4) is 0 Å². The lowest BCUT2D eigenvalue weighted by molar-refractivity contribution is 0.844. The van der Waals surface area contributed by atoms with Gasteiger partial charge in [-0.3, -0.25) is 0 Å². The van der Waals surface area contributed by atoms with Gasteiger partial charge in [0.25, 0.3) is 0 Å². The molecule has 1 aromatic rings. The van der Waals surface area contributed by atoms with E-state index in [2.05, 4.69) is 11.4 Å². The van der Waals surface area contributed by atoms with E-state index in [4.69, 9.17) is 16.9 Å². The van der Waals surface area contributed by atoms with Crippen LogP contribution in [0.1, 0.15) is 18.9 Å². The second-order valence-corrected chi connectivity index (χ2v) is 3.57. The number of hydrogen-bond acceptors (Lipinski definition) is 2. The van der Waals surface area contributed by atoms with Crippen LogP contribution in [-0.2, 0) is 0 Å². The third-order valence-electron chi connectivity index (χ3n) is 2.10. The first-order valence-electron chi connectivity index (χ1n) is 4.60. The largest absolute Gasteiger partial charge is 0.368 e. The van der Waals surface area contributed by atoms with Crippen molar-refractivity contribution in [3.8, 4) is 6.07 Å². The van der Waals surface area contributed by atoms with E-state index >= 15 is 0 Å². The molecule has 1 unspecified atom stereocenters. The maximum Gasteiger partial charge on any atom is 0.114 e. The zero-order valence-corrected chi connectivity index (χ0v) is 9.10. The van der Waals surface area contributed by atoms with Gasteiger partial charge in [0.2, 0.25) is 0 Å². The smallest absolute Gasteiger partial charge is 0.114 e. The minimum absolute atomic E-state index is 0.173. The molecule has 1 atom stereocenters. The zero-order chi connectivity index (χ0) is 10.6. The predicted octanol–water partition coefficient (Wildman–Crippen LogP) is 3.36. The van der Waals surface area contributed by atoms with Gasteiger partial charge >= 0.3 is 0 Å². The Labute approximate surface area is 89.5 Å². The Bertz CT molecular complexity index is 335. The molecule has 0 saturated heterocycles. The highest BCUT2D eigenvalue weighted by atomic mass is 35.5. The summed E-state index contributed by atoms with van der Waals surface area (Å²) in [6.07, 6.45) is 0.765. The second-order valence-electron chi connectivity index (χ2n) is 3.17. The van der Waals surface area contributed by atoms with Crippen LogP contribution in [0, 0.1) is 18.3 Å². The van der Waals surface area contributed by atoms with Gasteiger partial charge in [0.1, 0.15) is 6.04 Å². The Morgan fingerprint density at radius 1 is 1.57 bits per heavy atom. The number of anilines is 1. The van der Waals surface area contributed by atoms with Crippen molar-refractivity contribution in [1.82, 2.24) is 0 Å². The molecule has 2 nitrogen and oxygen atoms in total. The second kappa shape index (κ2) is 4.88. The molecule has 0 fully saturated rings. The van der Waals surface area contributed by atoms with Gasteiger partial charge < -0.3 is 5.32 Å². The number of para-hydroxylation sites is 1. The lowest BCUT2D eigenvalue weighted by Gasteiger charge is -2.14. The molecule has 1 rings (SSSR count). The fourth-order valence-corrected chi connectivity index (χ4v) is 1.49. The van der Waals surface area contributed by atoms with E-state index in [9.17, 15) is 0 Å². The van der Waals surface area contributed by atoms with Crippen molar-refractivity contribution in [2.24, 2.45) is 0 Å². The van der Waals surface area contributed by atoms with Crippen LogP contribution in [0.2, 0.25) is 5.02 Å². The lowest BCUT2D eigenvalue weighted by Crippen LogP contribution is -2.16. The first-order valence-corrected chi connectivity index (χ1v) is 4.98. The molecule has 0 aromatic heterocycles. The lowest BCUT2D eigenvalue weighted by atomic mass is 10.1. The van der Waals surface area contributed by atoms with Crippen LogP contribution in [0.15, 0.2) is 18.2 Å². The number of halogens is 1. The quantitative estimate of drug-likeness (QED) is 0.827. The van der Waals surface area contributed by atoms with Crippen molar-refractivity contribution >= 4 is 17.3 Å². The molecule has 0 bridgehead atoms. The highest BCUT2D eigenvalue weighted by Crippen LogP contribution is 2.26. The number of nitriles is 1. The summed E-state index contributed by atoms with van der Waals surface area (Å²) in [5, 5.41) is 12.6. The fourth-order valence-electron chi connectivity index (χ4n) is 1.21. The van der Waals surface area contributed by atoms with Crippen molar-refractivity contribution in [1.29, 1.82) is 5.26 Å². The van der Waals surface area contributed by atoms with Gasteiger partial charge in [-0.25, -0.2) is 0 Å². The van der Waals surface area contributed by atoms with Gasteiger partial charge in [0.15, 0.2) is 0 Å². The minimum Gasteiger partial charge on any atom is -0.368 e. The number of benzene rings is 1. The summed E-state index contributed by atoms with van der Waals surface area (Å²) in [5.74, 6) is 0. The zero-order valence-electron chi connectivity index (χ0n) is 8.34. The van der Waals surface area contributed by atoms with Crippen LogP contribution in [0.5, 0.6) is 0 Å². The molecular formula is C11H13ClN2. The van der Waals surface area contributed by atoms with Crippen molar-refractivity contribution in [3.05, 3.63) is 28.8 Å². The standard InChI is InChI=1S/C11H13ClN2/c1-3-9(7-13)14-11-8(2)5-4-6-10(11)12/h4-6,9,14H,3H2,1-2H3. The van der Waals surface area contributed by atoms with E-state index in [0.29, 0.717) is 5.02 Å². The van der Waals surface area contributed by atoms with Crippen LogP contribution in [0.25, 0.3) is 0 Å². The number of nitrogens with one attached hydrogen (secondary N) is 1. The van der Waals surface area contributed by atoms with E-state index in [0.717, 1.165) is 17.7 Å². The Hall–Kier alpha value is -1.20. The number of nitrogens with zero attached hydrogens (tertiary/aromatic N) is 1. The van der Waals surface area contributed by atoms with Crippen LogP contribution < -0.4 is 5.32 Å². The SMILES string of the molecule is CCC(C#N)Nc1c(C)cccc1Cl. The topological polar surface area (TPSA) is 35.8 Å². The van der Waals surface area contributed by atoms with Gasteiger partial charge in [0, 0.05) is 0 Å². The highest BCUT2D eigenvalue weighted by molar-refractivity contribution is 6.33. The summed E-state index contributed by atoms with van der Waals surface area (Å²) in [5.41, 5.74) is 1.92. The highest BCUT2D eigenvalue weighted by Gasteiger charge is 2.08. The van der Waals surface area contributed by atoms with E-state index in [-0.39, 0.29) is 6.04 Å². The maximum absolute atomic E-state index is 8.81. The molecule has 1 N–H and O–H groups in total. The van der Waals surface area contributed by atoms with E-state index in [1.165, 1.54) is 0 Å². The molecule has 1 aromatic carbocycles. The first-order chi connectivity index (χ1) is 6.69. The molecule has 3 heteroatoms. The molecule has 0 amide bonds. The molecule has 74 valence electrons. The van der Waals surface area contributed by atoms with Gasteiger partial charge in [-0.1, -0.05) is 30.7 Å². The Kier molecular flexibility index (Phi) is 3.79. The predicted molar refractivity (Wildman–Crippen MR) is 59.5 cm³/mol. The molecule has 0 saturated carbocycles. The van der Waals surface area contributed by atoms with Crippen LogP contribution >= 0.6 is 11.6 Å². The van der Waals surface area contributed by atoms with Crippen LogP contribution in [0.4, 0.5) is 5.69 Å². The average molecular weight is 209 g/mol. The third kappa shape index (κ3) is 2.40. The van der Waals surface area contributed by atoms with Gasteiger partial charge in [-0.2, -0.15) is 5.26 Å². The van der Waals surface area contributed by atoms with Crippen molar-refractivity contribution in [2.75, 3.05) is 5.32 Å². The Balaban J connectivity index is 2.91. The van der Waals surface area contributed by atoms with E-state index in [1.807, 2.05) is 32.0 Å². The molecular weight excluding hydrogens is 196 g/mol. The molecule has 0 radical (unpaired) electrons. The normalized spacial score (nSPS) is 11.9. The van der Waals surface area contributed by atoms with Gasteiger partial charge in [-0.05, 0) is 25.0 Å². The number of hydrogen-bond donors (Lipinski definition) is 1. The average Bonchev–Trinajstić information content (AvgIpc) is 2.18. The molecule has 0 aliphatic rings. The molecule has 0 aliphatic carbocycles. The third-order valence-corrected chi connectivity index (χ3v) is 2.42. The van der Waals surface area contributed by atoms with E-state index < -0.39 is 0 Å².